The van der Waals surface area contributed by atoms with E-state index in [-0.39, 0.29) is 0 Å². The first-order valence-electron chi connectivity index (χ1n) is 4.11. The minimum absolute atomic E-state index is 0.352. The Kier molecular flexibility index (Phi) is 3.84. The maximum atomic E-state index is 11.1. The van der Waals surface area contributed by atoms with Crippen LogP contribution in [-0.2, 0) is 16.1 Å². The van der Waals surface area contributed by atoms with Crippen LogP contribution in [0.3, 0.4) is 0 Å². The lowest BCUT2D eigenvalue weighted by atomic mass is 10.2. The molecule has 1 N–H and O–H groups in total. The van der Waals surface area contributed by atoms with Gasteiger partial charge in [-0.1, -0.05) is 11.6 Å². The summed E-state index contributed by atoms with van der Waals surface area (Å²) < 4.78 is 20.6. The average molecular weight is 248 g/mol. The molecule has 0 saturated carbocycles. The molecule has 1 atom stereocenters. The molecule has 1 unspecified atom stereocenters. The summed E-state index contributed by atoms with van der Waals surface area (Å²) in [5.74, 6) is -0.502. The Morgan fingerprint density at radius 3 is 2.53 bits per heavy atom. The predicted octanol–water partition coefficient (Wildman–Crippen LogP) is 2.14. The lowest BCUT2D eigenvalue weighted by Gasteiger charge is -2.16. The first-order chi connectivity index (χ1) is 6.93. The highest BCUT2D eigenvalue weighted by atomic mass is 35.5. The molecule has 0 aliphatic carbocycles. The van der Waals surface area contributed by atoms with Crippen LogP contribution in [0.5, 0.6) is 0 Å². The van der Waals surface area contributed by atoms with Crippen molar-refractivity contribution in [3.05, 3.63) is 28.8 Å². The molecular weight excluding hydrogens is 238 g/mol. The molecule has 6 heteroatoms. The van der Waals surface area contributed by atoms with Crippen LogP contribution in [0.4, 0.5) is 5.69 Å². The lowest BCUT2D eigenvalue weighted by molar-refractivity contribution is -0.115. The van der Waals surface area contributed by atoms with Crippen LogP contribution in [0.1, 0.15) is 12.5 Å². The van der Waals surface area contributed by atoms with E-state index in [1.54, 1.807) is 19.1 Å². The van der Waals surface area contributed by atoms with Gasteiger partial charge in [0.05, 0.1) is 5.69 Å². The van der Waals surface area contributed by atoms with E-state index in [2.05, 4.69) is 0 Å². The topological polar surface area (TPSA) is 57.6 Å². The second-order valence-electron chi connectivity index (χ2n) is 2.98. The number of hydrogen-bond donors (Lipinski definition) is 1. The van der Waals surface area contributed by atoms with Crippen molar-refractivity contribution in [2.45, 2.75) is 13.8 Å². The van der Waals surface area contributed by atoms with Crippen LogP contribution >= 0.6 is 11.6 Å². The minimum atomic E-state index is -2.36. The Hall–Kier alpha value is -0.910. The molecule has 0 aromatic heterocycles. The number of nitrogens with zero attached hydrogens (tertiary/aromatic N) is 1. The third-order valence-electron chi connectivity index (χ3n) is 1.82. The highest BCUT2D eigenvalue weighted by Gasteiger charge is 2.17. The van der Waals surface area contributed by atoms with Gasteiger partial charge in [0.25, 0.3) is 11.3 Å². The number of amides is 1. The summed E-state index contributed by atoms with van der Waals surface area (Å²) in [6.45, 7) is 2.97. The van der Waals surface area contributed by atoms with E-state index in [1.165, 1.54) is 13.0 Å². The molecule has 15 heavy (non-hydrogen) atoms. The third-order valence-corrected chi connectivity index (χ3v) is 3.02. The van der Waals surface area contributed by atoms with Crippen LogP contribution in [0.15, 0.2) is 18.2 Å². The Morgan fingerprint density at radius 1 is 1.53 bits per heavy atom. The Bertz CT molecular complexity index is 408. The van der Waals surface area contributed by atoms with Gasteiger partial charge in [-0.3, -0.25) is 9.35 Å². The summed E-state index contributed by atoms with van der Waals surface area (Å²) in [6.07, 6.45) is 0. The van der Waals surface area contributed by atoms with Crippen molar-refractivity contribution in [2.24, 2.45) is 0 Å². The monoisotopic (exact) mass is 247 g/mol. The fourth-order valence-corrected chi connectivity index (χ4v) is 1.77. The van der Waals surface area contributed by atoms with Gasteiger partial charge in [-0.25, -0.2) is 8.51 Å². The number of carbonyl (C=O) groups excluding carboxylic acids is 1. The SMILES string of the molecule is CC(=O)N(c1ccc(Cl)c(C)c1)S(=O)O. The fourth-order valence-electron chi connectivity index (χ4n) is 1.14. The molecule has 0 spiro atoms. The van der Waals surface area contributed by atoms with Gasteiger partial charge in [0.2, 0.25) is 5.91 Å². The maximum Gasteiger partial charge on any atom is 0.268 e. The van der Waals surface area contributed by atoms with E-state index in [0.717, 1.165) is 9.87 Å². The number of carbonyl (C=O) groups is 1. The van der Waals surface area contributed by atoms with Gasteiger partial charge in [-0.15, -0.1) is 0 Å². The second kappa shape index (κ2) is 4.74. The van der Waals surface area contributed by atoms with E-state index in [0.29, 0.717) is 10.7 Å². The molecular formula is C9H10ClNO3S. The fraction of sp³-hybridized carbons (Fsp3) is 0.222. The lowest BCUT2D eigenvalue weighted by Crippen LogP contribution is -2.30. The van der Waals surface area contributed by atoms with Gasteiger partial charge in [-0.2, -0.15) is 0 Å². The second-order valence-corrected chi connectivity index (χ2v) is 4.21. The van der Waals surface area contributed by atoms with Crippen molar-refractivity contribution in [3.8, 4) is 0 Å². The molecule has 1 aromatic rings. The van der Waals surface area contributed by atoms with Gasteiger partial charge >= 0.3 is 0 Å². The number of hydrogen-bond acceptors (Lipinski definition) is 2. The van der Waals surface area contributed by atoms with Crippen molar-refractivity contribution >= 4 is 34.5 Å². The highest BCUT2D eigenvalue weighted by Crippen LogP contribution is 2.23. The molecule has 1 aromatic carbocycles. The summed E-state index contributed by atoms with van der Waals surface area (Å²) in [5.41, 5.74) is 1.09. The van der Waals surface area contributed by atoms with Crippen LogP contribution in [0, 0.1) is 6.92 Å². The number of halogens is 1. The van der Waals surface area contributed by atoms with Crippen LogP contribution in [0.25, 0.3) is 0 Å². The van der Waals surface area contributed by atoms with E-state index < -0.39 is 17.2 Å². The summed E-state index contributed by atoms with van der Waals surface area (Å²) in [4.78, 5) is 11.1. The summed E-state index contributed by atoms with van der Waals surface area (Å²) >= 11 is 3.44. The predicted molar refractivity (Wildman–Crippen MR) is 60.1 cm³/mol. The summed E-state index contributed by atoms with van der Waals surface area (Å²) in [7, 11) is 0. The van der Waals surface area contributed by atoms with Gasteiger partial charge in [0.1, 0.15) is 0 Å². The number of aryl methyl sites for hydroxylation is 1. The van der Waals surface area contributed by atoms with E-state index in [1.807, 2.05) is 0 Å². The third kappa shape index (κ3) is 2.77. The number of anilines is 1. The summed E-state index contributed by atoms with van der Waals surface area (Å²) in [5, 5.41) is 0.547. The molecule has 0 heterocycles. The quantitative estimate of drug-likeness (QED) is 0.815. The number of rotatable bonds is 2. The first kappa shape index (κ1) is 12.2. The Balaban J connectivity index is 3.18. The van der Waals surface area contributed by atoms with Crippen molar-refractivity contribution in [2.75, 3.05) is 4.31 Å². The van der Waals surface area contributed by atoms with E-state index in [4.69, 9.17) is 16.2 Å². The van der Waals surface area contributed by atoms with Crippen LogP contribution in [0.2, 0.25) is 5.02 Å². The molecule has 82 valence electrons. The molecule has 0 aliphatic heterocycles. The van der Waals surface area contributed by atoms with Crippen LogP contribution < -0.4 is 4.31 Å². The zero-order valence-electron chi connectivity index (χ0n) is 8.23. The van der Waals surface area contributed by atoms with Crippen molar-refractivity contribution in [3.63, 3.8) is 0 Å². The smallest absolute Gasteiger partial charge is 0.268 e. The zero-order valence-corrected chi connectivity index (χ0v) is 9.80. The van der Waals surface area contributed by atoms with E-state index >= 15 is 0 Å². The Morgan fingerprint density at radius 2 is 2.13 bits per heavy atom. The van der Waals surface area contributed by atoms with Gasteiger partial charge < -0.3 is 0 Å². The largest absolute Gasteiger partial charge is 0.289 e. The molecule has 0 bridgehead atoms. The highest BCUT2D eigenvalue weighted by molar-refractivity contribution is 7.81. The van der Waals surface area contributed by atoms with Crippen molar-refractivity contribution in [1.82, 2.24) is 0 Å². The minimum Gasteiger partial charge on any atom is -0.289 e. The number of benzene rings is 1. The molecule has 0 fully saturated rings. The van der Waals surface area contributed by atoms with Gasteiger partial charge in [-0.05, 0) is 30.7 Å². The van der Waals surface area contributed by atoms with Crippen molar-refractivity contribution < 1.29 is 13.6 Å². The van der Waals surface area contributed by atoms with E-state index in [9.17, 15) is 9.00 Å². The first-order valence-corrected chi connectivity index (χ1v) is 5.55. The zero-order chi connectivity index (χ0) is 11.6. The molecule has 1 rings (SSSR count). The average Bonchev–Trinajstić information content (AvgIpc) is 2.10. The molecule has 4 nitrogen and oxygen atoms in total. The molecule has 0 aliphatic rings. The molecule has 1 amide bonds. The Labute approximate surface area is 95.3 Å². The van der Waals surface area contributed by atoms with Crippen molar-refractivity contribution in [1.29, 1.82) is 0 Å². The standard InChI is InChI=1S/C9H10ClNO3S/c1-6-5-8(3-4-9(6)10)11(7(2)12)15(13)14/h3-5H,1-2H3,(H,13,14). The summed E-state index contributed by atoms with van der Waals surface area (Å²) in [6, 6.07) is 4.68. The van der Waals surface area contributed by atoms with Gasteiger partial charge in [0.15, 0.2) is 0 Å². The van der Waals surface area contributed by atoms with Crippen LogP contribution in [-0.4, -0.2) is 14.7 Å². The normalized spacial score (nSPS) is 12.3. The molecule has 0 radical (unpaired) electrons. The molecule has 0 saturated heterocycles. The maximum absolute atomic E-state index is 11.1. The van der Waals surface area contributed by atoms with Gasteiger partial charge in [0, 0.05) is 11.9 Å².